The summed E-state index contributed by atoms with van der Waals surface area (Å²) < 4.78 is 13.4. The fourth-order valence-electron chi connectivity index (χ4n) is 2.95. The highest BCUT2D eigenvalue weighted by atomic mass is 32.1. The Labute approximate surface area is 174 Å². The van der Waals surface area contributed by atoms with E-state index in [0.29, 0.717) is 28.5 Å². The van der Waals surface area contributed by atoms with E-state index >= 15 is 0 Å². The van der Waals surface area contributed by atoms with Crippen molar-refractivity contribution in [3.05, 3.63) is 98.7 Å². The van der Waals surface area contributed by atoms with E-state index in [2.05, 4.69) is 25.3 Å². The van der Waals surface area contributed by atoms with E-state index in [4.69, 9.17) is 0 Å². The predicted octanol–water partition coefficient (Wildman–Crippen LogP) is 3.14. The standard InChI is InChI=1S/C21H16FN5O2S/c22-14-6-4-13(5-7-14)17(26-21(29)18-11-30-12-24-18)9-15-10-19(28)27-20(25-15)16-3-1-2-8-23-16/h1-8,10-12,17H,9H2,(H,26,29)(H,25,27,28)/t17-/m1/s1. The molecule has 0 saturated carbocycles. The van der Waals surface area contributed by atoms with Crippen molar-refractivity contribution < 1.29 is 9.18 Å². The molecule has 0 saturated heterocycles. The van der Waals surface area contributed by atoms with Gasteiger partial charge in [0.15, 0.2) is 5.82 Å². The lowest BCUT2D eigenvalue weighted by Gasteiger charge is -2.19. The molecule has 0 aliphatic carbocycles. The molecule has 30 heavy (non-hydrogen) atoms. The Kier molecular flexibility index (Phi) is 5.71. The number of benzene rings is 1. The van der Waals surface area contributed by atoms with E-state index < -0.39 is 6.04 Å². The zero-order chi connectivity index (χ0) is 20.9. The van der Waals surface area contributed by atoms with Crippen LogP contribution in [0.5, 0.6) is 0 Å². The number of carbonyl (C=O) groups is 1. The zero-order valence-corrected chi connectivity index (χ0v) is 16.4. The summed E-state index contributed by atoms with van der Waals surface area (Å²) in [7, 11) is 0. The quantitative estimate of drug-likeness (QED) is 0.498. The Bertz CT molecular complexity index is 1190. The van der Waals surface area contributed by atoms with Gasteiger partial charge in [-0.2, -0.15) is 0 Å². The highest BCUT2D eigenvalue weighted by Crippen LogP contribution is 2.20. The number of carbonyl (C=O) groups excluding carboxylic acids is 1. The summed E-state index contributed by atoms with van der Waals surface area (Å²) >= 11 is 1.31. The molecule has 0 aliphatic rings. The lowest BCUT2D eigenvalue weighted by atomic mass is 10.0. The van der Waals surface area contributed by atoms with Gasteiger partial charge in [0.05, 0.1) is 17.2 Å². The molecule has 7 nitrogen and oxygen atoms in total. The van der Waals surface area contributed by atoms with Gasteiger partial charge in [-0.25, -0.2) is 14.4 Å². The second-order valence-electron chi connectivity index (χ2n) is 6.46. The summed E-state index contributed by atoms with van der Waals surface area (Å²) in [4.78, 5) is 40.2. The van der Waals surface area contributed by atoms with E-state index in [1.54, 1.807) is 47.4 Å². The molecule has 0 bridgehead atoms. The molecule has 2 N–H and O–H groups in total. The van der Waals surface area contributed by atoms with Crippen molar-refractivity contribution in [2.75, 3.05) is 0 Å². The van der Waals surface area contributed by atoms with Gasteiger partial charge in [0.2, 0.25) is 0 Å². The minimum Gasteiger partial charge on any atom is -0.343 e. The third-order valence-electron chi connectivity index (χ3n) is 4.36. The third kappa shape index (κ3) is 4.64. The molecule has 150 valence electrons. The summed E-state index contributed by atoms with van der Waals surface area (Å²) in [6, 6.07) is 12.0. The Hall–Kier alpha value is -3.72. The SMILES string of the molecule is O=C(N[C@H](Cc1cc(=O)[nH]c(-c2ccccn2)n1)c1ccc(F)cc1)c1cscn1. The number of nitrogens with zero attached hydrogens (tertiary/aromatic N) is 3. The lowest BCUT2D eigenvalue weighted by molar-refractivity contribution is 0.0932. The molecule has 4 aromatic rings. The van der Waals surface area contributed by atoms with Crippen molar-refractivity contribution >= 4 is 17.2 Å². The van der Waals surface area contributed by atoms with Gasteiger partial charge in [-0.15, -0.1) is 11.3 Å². The smallest absolute Gasteiger partial charge is 0.271 e. The molecule has 4 rings (SSSR count). The maximum absolute atomic E-state index is 13.4. The molecule has 3 heterocycles. The van der Waals surface area contributed by atoms with Crippen LogP contribution >= 0.6 is 11.3 Å². The predicted molar refractivity (Wildman–Crippen MR) is 111 cm³/mol. The van der Waals surface area contributed by atoms with Crippen LogP contribution in [0.3, 0.4) is 0 Å². The molecule has 9 heteroatoms. The van der Waals surface area contributed by atoms with Gasteiger partial charge < -0.3 is 10.3 Å². The largest absolute Gasteiger partial charge is 0.343 e. The summed E-state index contributed by atoms with van der Waals surface area (Å²) in [5.41, 5.74) is 3.21. The normalized spacial score (nSPS) is 11.8. The van der Waals surface area contributed by atoms with E-state index in [1.807, 2.05) is 0 Å². The van der Waals surface area contributed by atoms with Crippen LogP contribution in [0.25, 0.3) is 11.5 Å². The van der Waals surface area contributed by atoms with E-state index in [9.17, 15) is 14.0 Å². The molecule has 1 aromatic carbocycles. The van der Waals surface area contributed by atoms with Gasteiger partial charge in [0, 0.05) is 24.1 Å². The molecule has 3 aromatic heterocycles. The van der Waals surface area contributed by atoms with Crippen molar-refractivity contribution in [2.45, 2.75) is 12.5 Å². The zero-order valence-electron chi connectivity index (χ0n) is 15.6. The molecular formula is C21H16FN5O2S. The fraction of sp³-hybridized carbons (Fsp3) is 0.0952. The molecule has 1 amide bonds. The third-order valence-corrected chi connectivity index (χ3v) is 4.94. The Balaban J connectivity index is 1.66. The Morgan fingerprint density at radius 2 is 2.00 bits per heavy atom. The van der Waals surface area contributed by atoms with Crippen LogP contribution in [0, 0.1) is 5.82 Å². The first kappa shape index (κ1) is 19.6. The van der Waals surface area contributed by atoms with Crippen LogP contribution in [0.1, 0.15) is 27.8 Å². The van der Waals surface area contributed by atoms with Crippen LogP contribution in [0.15, 0.2) is 70.4 Å². The van der Waals surface area contributed by atoms with Gasteiger partial charge in [-0.1, -0.05) is 18.2 Å². The number of aromatic nitrogens is 4. The number of amides is 1. The molecule has 0 radical (unpaired) electrons. The molecule has 0 unspecified atom stereocenters. The first-order valence-corrected chi connectivity index (χ1v) is 9.99. The minimum absolute atomic E-state index is 0.227. The minimum atomic E-state index is -0.536. The van der Waals surface area contributed by atoms with E-state index in [1.165, 1.54) is 29.5 Å². The van der Waals surface area contributed by atoms with Gasteiger partial charge >= 0.3 is 0 Å². The maximum Gasteiger partial charge on any atom is 0.271 e. The monoisotopic (exact) mass is 421 g/mol. The number of nitrogens with one attached hydrogen (secondary N) is 2. The van der Waals surface area contributed by atoms with Crippen LogP contribution < -0.4 is 10.9 Å². The molecule has 0 spiro atoms. The number of hydrogen-bond donors (Lipinski definition) is 2. The van der Waals surface area contributed by atoms with Crippen molar-refractivity contribution in [1.29, 1.82) is 0 Å². The van der Waals surface area contributed by atoms with Crippen molar-refractivity contribution in [3.63, 3.8) is 0 Å². The lowest BCUT2D eigenvalue weighted by Crippen LogP contribution is -2.30. The number of thiazole rings is 1. The average molecular weight is 421 g/mol. The molecule has 1 atom stereocenters. The summed E-state index contributed by atoms with van der Waals surface area (Å²) in [6.07, 6.45) is 1.84. The molecule has 0 aliphatic heterocycles. The average Bonchev–Trinajstić information content (AvgIpc) is 3.29. The maximum atomic E-state index is 13.4. The topological polar surface area (TPSA) is 101 Å². The Morgan fingerprint density at radius 3 is 2.70 bits per heavy atom. The molecular weight excluding hydrogens is 405 g/mol. The summed E-state index contributed by atoms with van der Waals surface area (Å²) in [5, 5.41) is 4.54. The van der Waals surface area contributed by atoms with Gasteiger partial charge in [-0.3, -0.25) is 14.6 Å². The number of hydrogen-bond acceptors (Lipinski definition) is 6. The Morgan fingerprint density at radius 1 is 1.17 bits per heavy atom. The highest BCUT2D eigenvalue weighted by Gasteiger charge is 2.19. The fourth-order valence-corrected chi connectivity index (χ4v) is 3.48. The van der Waals surface area contributed by atoms with E-state index in [0.717, 1.165) is 0 Å². The van der Waals surface area contributed by atoms with Crippen LogP contribution in [0.2, 0.25) is 0 Å². The first-order valence-electron chi connectivity index (χ1n) is 9.04. The second-order valence-corrected chi connectivity index (χ2v) is 7.17. The van der Waals surface area contributed by atoms with Crippen LogP contribution in [0.4, 0.5) is 4.39 Å². The highest BCUT2D eigenvalue weighted by molar-refractivity contribution is 7.07. The molecule has 0 fully saturated rings. The van der Waals surface area contributed by atoms with Gasteiger partial charge in [0.1, 0.15) is 17.2 Å². The van der Waals surface area contributed by atoms with Crippen LogP contribution in [-0.2, 0) is 6.42 Å². The number of halogens is 1. The number of rotatable bonds is 6. The van der Waals surface area contributed by atoms with Gasteiger partial charge in [-0.05, 0) is 29.8 Å². The van der Waals surface area contributed by atoms with Crippen molar-refractivity contribution in [2.24, 2.45) is 0 Å². The number of aromatic amines is 1. The van der Waals surface area contributed by atoms with E-state index in [-0.39, 0.29) is 23.7 Å². The van der Waals surface area contributed by atoms with Crippen molar-refractivity contribution in [1.82, 2.24) is 25.3 Å². The second kappa shape index (κ2) is 8.75. The summed E-state index contributed by atoms with van der Waals surface area (Å²) in [6.45, 7) is 0. The van der Waals surface area contributed by atoms with Crippen molar-refractivity contribution in [3.8, 4) is 11.5 Å². The van der Waals surface area contributed by atoms with Crippen LogP contribution in [-0.4, -0.2) is 25.8 Å². The number of H-pyrrole nitrogens is 1. The van der Waals surface area contributed by atoms with Gasteiger partial charge in [0.25, 0.3) is 11.5 Å². The number of pyridine rings is 1. The summed E-state index contributed by atoms with van der Waals surface area (Å²) in [5.74, 6) is -0.405. The first-order chi connectivity index (χ1) is 14.6.